The van der Waals surface area contributed by atoms with E-state index in [0.29, 0.717) is 34.9 Å². The predicted octanol–water partition coefficient (Wildman–Crippen LogP) is 12.6. The fourth-order valence-electron chi connectivity index (χ4n) is 10.0. The van der Waals surface area contributed by atoms with E-state index in [1.54, 1.807) is 0 Å². The molecule has 1 saturated carbocycles. The van der Waals surface area contributed by atoms with Crippen LogP contribution in [-0.2, 0) is 10.8 Å². The summed E-state index contributed by atoms with van der Waals surface area (Å²) in [5.41, 5.74) is 11.3. The molecule has 9 rings (SSSR count). The molecule has 7 aromatic rings. The molecule has 0 aliphatic heterocycles. The molecule has 1 fully saturated rings. The minimum atomic E-state index is -0.694. The minimum Gasteiger partial charge on any atom is -0.208 e. The molecule has 0 spiro atoms. The van der Waals surface area contributed by atoms with E-state index >= 15 is 0 Å². The third-order valence-electron chi connectivity index (χ3n) is 12.7. The quantitative estimate of drug-likeness (QED) is 0.153. The van der Waals surface area contributed by atoms with Crippen LogP contribution >= 0.6 is 0 Å². The Labute approximate surface area is 331 Å². The molecule has 1 aromatic heterocycles. The fraction of sp³-hybridized carbons (Fsp3) is 0.231. The zero-order chi connectivity index (χ0) is 38.3. The second-order valence-electron chi connectivity index (χ2n) is 16.2. The summed E-state index contributed by atoms with van der Waals surface area (Å²) in [6.45, 7) is 7.23. The van der Waals surface area contributed by atoms with Crippen LogP contribution in [0, 0.1) is 23.2 Å². The van der Waals surface area contributed by atoms with Crippen molar-refractivity contribution in [2.45, 2.75) is 63.7 Å². The Balaban J connectivity index is 1.27. The van der Waals surface area contributed by atoms with E-state index in [1.165, 1.54) is 42.4 Å². The molecule has 0 radical (unpaired) electrons. The van der Waals surface area contributed by atoms with Gasteiger partial charge in [-0.25, -0.2) is 15.0 Å². The van der Waals surface area contributed by atoms with Crippen LogP contribution in [0.2, 0.25) is 0 Å². The van der Waals surface area contributed by atoms with Gasteiger partial charge in [0.05, 0.1) is 17.0 Å². The number of hydrogen-bond donors (Lipinski definition) is 0. The van der Waals surface area contributed by atoms with Crippen molar-refractivity contribution in [3.63, 3.8) is 0 Å². The van der Waals surface area contributed by atoms with Crippen LogP contribution in [0.15, 0.2) is 152 Å². The standard InChI is InChI=1S/C52H46N4/c1-4-51(32-35(2)22-23-36(3)33-51)40-30-26-39(27-31-40)49-54-48(38-14-7-5-8-15-38)55-50(56-49)45-20-13-19-44-43-18-11-12-21-46(43)52(47(44)45,41-16-9-6-10-17-41)42-28-24-37(34-53)25-29-42/h5-21,24-31,35-36H,4,22-23,32-33H2,1-3H3/t35-,36+,51?,52?. The monoisotopic (exact) mass is 726 g/mol. The Kier molecular flexibility index (Phi) is 9.18. The molecule has 274 valence electrons. The first-order chi connectivity index (χ1) is 27.4. The first-order valence-corrected chi connectivity index (χ1v) is 20.2. The highest BCUT2D eigenvalue weighted by Gasteiger charge is 2.48. The van der Waals surface area contributed by atoms with Crippen LogP contribution in [0.5, 0.6) is 0 Å². The van der Waals surface area contributed by atoms with Gasteiger partial charge in [0.2, 0.25) is 0 Å². The van der Waals surface area contributed by atoms with E-state index in [0.717, 1.165) is 45.4 Å². The number of hydrogen-bond acceptors (Lipinski definition) is 4. The lowest BCUT2D eigenvalue weighted by Gasteiger charge is -2.35. The van der Waals surface area contributed by atoms with Crippen molar-refractivity contribution in [2.24, 2.45) is 11.8 Å². The lowest BCUT2D eigenvalue weighted by atomic mass is 9.66. The van der Waals surface area contributed by atoms with Crippen LogP contribution in [0.4, 0.5) is 0 Å². The number of rotatable bonds is 7. The largest absolute Gasteiger partial charge is 0.208 e. The highest BCUT2D eigenvalue weighted by molar-refractivity contribution is 5.92. The van der Waals surface area contributed by atoms with E-state index in [9.17, 15) is 5.26 Å². The third-order valence-corrected chi connectivity index (χ3v) is 12.7. The molecule has 0 bridgehead atoms. The minimum absolute atomic E-state index is 0.180. The molecule has 4 atom stereocenters. The lowest BCUT2D eigenvalue weighted by Crippen LogP contribution is -2.29. The van der Waals surface area contributed by atoms with E-state index in [2.05, 4.69) is 148 Å². The molecule has 2 aliphatic carbocycles. The molecule has 56 heavy (non-hydrogen) atoms. The number of nitriles is 1. The topological polar surface area (TPSA) is 62.5 Å². The molecule has 0 saturated heterocycles. The molecule has 2 aliphatic rings. The van der Waals surface area contributed by atoms with Crippen LogP contribution in [0.25, 0.3) is 45.3 Å². The highest BCUT2D eigenvalue weighted by Crippen LogP contribution is 2.58. The Hall–Kier alpha value is -6.18. The van der Waals surface area contributed by atoms with Gasteiger partial charge in [-0.1, -0.05) is 173 Å². The maximum Gasteiger partial charge on any atom is 0.164 e. The normalized spacial score (nSPS) is 21.4. The Morgan fingerprint density at radius 1 is 0.536 bits per heavy atom. The molecule has 6 aromatic carbocycles. The van der Waals surface area contributed by atoms with E-state index in [1.807, 2.05) is 30.3 Å². The maximum absolute atomic E-state index is 9.79. The van der Waals surface area contributed by atoms with Gasteiger partial charge < -0.3 is 0 Å². The highest BCUT2D eigenvalue weighted by atomic mass is 15.0. The summed E-state index contributed by atoms with van der Waals surface area (Å²) >= 11 is 0. The zero-order valence-corrected chi connectivity index (χ0v) is 32.4. The van der Waals surface area contributed by atoms with Crippen molar-refractivity contribution in [3.05, 3.63) is 185 Å². The van der Waals surface area contributed by atoms with Gasteiger partial charge in [-0.3, -0.25) is 0 Å². The summed E-state index contributed by atoms with van der Waals surface area (Å²) < 4.78 is 0. The van der Waals surface area contributed by atoms with Crippen molar-refractivity contribution in [3.8, 4) is 51.4 Å². The zero-order valence-electron chi connectivity index (χ0n) is 32.4. The van der Waals surface area contributed by atoms with Gasteiger partial charge in [-0.2, -0.15) is 5.26 Å². The van der Waals surface area contributed by atoms with Crippen LogP contribution in [0.1, 0.15) is 86.3 Å². The van der Waals surface area contributed by atoms with Gasteiger partial charge in [0.1, 0.15) is 0 Å². The van der Waals surface area contributed by atoms with Crippen LogP contribution < -0.4 is 0 Å². The van der Waals surface area contributed by atoms with Gasteiger partial charge in [0.15, 0.2) is 17.5 Å². The molecule has 0 N–H and O–H groups in total. The van der Waals surface area contributed by atoms with Gasteiger partial charge >= 0.3 is 0 Å². The number of nitrogens with zero attached hydrogens (tertiary/aromatic N) is 4. The Bertz CT molecular complexity index is 2540. The average molecular weight is 727 g/mol. The molecule has 4 heteroatoms. The summed E-state index contributed by atoms with van der Waals surface area (Å²) in [5, 5.41) is 9.79. The van der Waals surface area contributed by atoms with E-state index < -0.39 is 5.41 Å². The summed E-state index contributed by atoms with van der Waals surface area (Å²) in [6, 6.07) is 55.8. The van der Waals surface area contributed by atoms with Gasteiger partial charge in [-0.05, 0) is 87.6 Å². The van der Waals surface area contributed by atoms with Crippen molar-refractivity contribution in [1.82, 2.24) is 15.0 Å². The third kappa shape index (κ3) is 5.94. The lowest BCUT2D eigenvalue weighted by molar-refractivity contribution is 0.295. The Morgan fingerprint density at radius 2 is 1.05 bits per heavy atom. The number of fused-ring (bicyclic) bond motifs is 3. The first-order valence-electron chi connectivity index (χ1n) is 20.2. The van der Waals surface area contributed by atoms with E-state index in [-0.39, 0.29) is 5.41 Å². The molecule has 4 nitrogen and oxygen atoms in total. The molecular formula is C52H46N4. The molecular weight excluding hydrogens is 681 g/mol. The van der Waals surface area contributed by atoms with Gasteiger partial charge in [-0.15, -0.1) is 0 Å². The first kappa shape index (κ1) is 35.5. The van der Waals surface area contributed by atoms with Gasteiger partial charge in [0.25, 0.3) is 0 Å². The fourth-order valence-corrected chi connectivity index (χ4v) is 10.0. The van der Waals surface area contributed by atoms with Crippen molar-refractivity contribution >= 4 is 0 Å². The maximum atomic E-state index is 9.79. The number of benzene rings is 6. The summed E-state index contributed by atoms with van der Waals surface area (Å²) in [6.07, 6.45) is 6.21. The van der Waals surface area contributed by atoms with Crippen LogP contribution in [0.3, 0.4) is 0 Å². The summed E-state index contributed by atoms with van der Waals surface area (Å²) in [4.78, 5) is 15.8. The summed E-state index contributed by atoms with van der Waals surface area (Å²) in [5.74, 6) is 3.36. The van der Waals surface area contributed by atoms with Crippen LogP contribution in [-0.4, -0.2) is 15.0 Å². The summed E-state index contributed by atoms with van der Waals surface area (Å²) in [7, 11) is 0. The molecule has 0 amide bonds. The van der Waals surface area contributed by atoms with Crippen molar-refractivity contribution in [2.75, 3.05) is 0 Å². The van der Waals surface area contributed by atoms with E-state index in [4.69, 9.17) is 15.0 Å². The average Bonchev–Trinajstić information content (AvgIpc) is 3.47. The second-order valence-corrected chi connectivity index (χ2v) is 16.2. The molecule has 2 unspecified atom stereocenters. The van der Waals surface area contributed by atoms with Gasteiger partial charge in [0, 0.05) is 16.7 Å². The smallest absolute Gasteiger partial charge is 0.164 e. The molecule has 1 heterocycles. The number of aromatic nitrogens is 3. The van der Waals surface area contributed by atoms with Crippen molar-refractivity contribution < 1.29 is 0 Å². The Morgan fingerprint density at radius 3 is 1.70 bits per heavy atom. The second kappa shape index (κ2) is 14.5. The van der Waals surface area contributed by atoms with Crippen molar-refractivity contribution in [1.29, 1.82) is 5.26 Å². The SMILES string of the molecule is CCC1(c2ccc(-c3nc(-c4ccccc4)nc(-c4cccc5c4C(c4ccccc4)(c4ccc(C#N)cc4)c4ccccc4-5)n3)cc2)C[C@H](C)CC[C@H](C)C1. The predicted molar refractivity (Wildman–Crippen MR) is 227 cm³/mol.